The zero-order valence-electron chi connectivity index (χ0n) is 15.0. The van der Waals surface area contributed by atoms with E-state index in [9.17, 15) is 13.2 Å². The fraction of sp³-hybridized carbons (Fsp3) is 0.0500. The highest BCUT2D eigenvalue weighted by atomic mass is 35.5. The van der Waals surface area contributed by atoms with Gasteiger partial charge in [-0.05, 0) is 55.0 Å². The lowest BCUT2D eigenvalue weighted by molar-refractivity contribution is 0.102. The summed E-state index contributed by atoms with van der Waals surface area (Å²) < 4.78 is 27.8. The van der Waals surface area contributed by atoms with Crippen LogP contribution in [0.25, 0.3) is 0 Å². The number of benzene rings is 3. The van der Waals surface area contributed by atoms with Crippen LogP contribution in [0.2, 0.25) is 15.1 Å². The van der Waals surface area contributed by atoms with Gasteiger partial charge in [0.1, 0.15) is 0 Å². The van der Waals surface area contributed by atoms with Gasteiger partial charge in [-0.25, -0.2) is 8.42 Å². The van der Waals surface area contributed by atoms with Crippen molar-refractivity contribution in [3.8, 4) is 0 Å². The van der Waals surface area contributed by atoms with Gasteiger partial charge in [0.25, 0.3) is 15.9 Å². The molecule has 3 aromatic rings. The summed E-state index contributed by atoms with van der Waals surface area (Å²) in [5.41, 5.74) is 1.70. The Labute approximate surface area is 183 Å². The fourth-order valence-electron chi connectivity index (χ4n) is 2.53. The largest absolute Gasteiger partial charge is 0.322 e. The van der Waals surface area contributed by atoms with Crippen LogP contribution >= 0.6 is 34.8 Å². The third kappa shape index (κ3) is 5.03. The molecular formula is C20H15Cl3N2O3S. The lowest BCUT2D eigenvalue weighted by Gasteiger charge is -2.13. The zero-order chi connectivity index (χ0) is 21.2. The average Bonchev–Trinajstić information content (AvgIpc) is 2.68. The molecule has 0 aliphatic rings. The van der Waals surface area contributed by atoms with Crippen molar-refractivity contribution in [1.82, 2.24) is 0 Å². The Morgan fingerprint density at radius 3 is 2.14 bits per heavy atom. The number of nitrogens with one attached hydrogen (secondary N) is 2. The number of carbonyl (C=O) groups excluding carboxylic acids is 1. The molecule has 0 bridgehead atoms. The van der Waals surface area contributed by atoms with Crippen molar-refractivity contribution < 1.29 is 13.2 Å². The molecule has 0 spiro atoms. The maximum Gasteiger partial charge on any atom is 0.261 e. The molecule has 0 heterocycles. The molecule has 2 N–H and O–H groups in total. The molecule has 0 aliphatic heterocycles. The van der Waals surface area contributed by atoms with E-state index in [-0.39, 0.29) is 31.6 Å². The third-order valence-electron chi connectivity index (χ3n) is 4.05. The number of carbonyl (C=O) groups is 1. The van der Waals surface area contributed by atoms with Crippen molar-refractivity contribution in [2.45, 2.75) is 11.8 Å². The smallest absolute Gasteiger partial charge is 0.261 e. The van der Waals surface area contributed by atoms with Crippen molar-refractivity contribution >= 4 is 62.1 Å². The van der Waals surface area contributed by atoms with Gasteiger partial charge in [0.2, 0.25) is 0 Å². The van der Waals surface area contributed by atoms with E-state index in [2.05, 4.69) is 10.0 Å². The molecule has 1 amide bonds. The highest BCUT2D eigenvalue weighted by molar-refractivity contribution is 7.92. The van der Waals surface area contributed by atoms with Crippen LogP contribution in [0, 0.1) is 6.92 Å². The summed E-state index contributed by atoms with van der Waals surface area (Å²) in [5, 5.41) is 3.27. The molecule has 9 heteroatoms. The summed E-state index contributed by atoms with van der Waals surface area (Å²) in [6, 6.07) is 15.8. The molecule has 0 aromatic heterocycles. The maximum atomic E-state index is 12.7. The van der Waals surface area contributed by atoms with Gasteiger partial charge in [-0.3, -0.25) is 9.52 Å². The fourth-order valence-corrected chi connectivity index (χ4v) is 4.34. The Bertz CT molecular complexity index is 1180. The number of rotatable bonds is 5. The molecule has 0 saturated heterocycles. The quantitative estimate of drug-likeness (QED) is 0.449. The number of sulfonamides is 1. The summed E-state index contributed by atoms with van der Waals surface area (Å²) in [5.74, 6) is -0.287. The van der Waals surface area contributed by atoms with Crippen LogP contribution in [0.15, 0.2) is 65.6 Å². The second kappa shape index (κ2) is 8.63. The Hall–Kier alpha value is -2.25. The molecule has 0 unspecified atom stereocenters. The average molecular weight is 470 g/mol. The van der Waals surface area contributed by atoms with Gasteiger partial charge in [0.15, 0.2) is 0 Å². The summed E-state index contributed by atoms with van der Waals surface area (Å²) in [6.45, 7) is 1.70. The van der Waals surface area contributed by atoms with Crippen LogP contribution in [0.5, 0.6) is 0 Å². The van der Waals surface area contributed by atoms with Gasteiger partial charge in [0, 0.05) is 11.3 Å². The Balaban J connectivity index is 1.83. The van der Waals surface area contributed by atoms with Gasteiger partial charge >= 0.3 is 0 Å². The minimum atomic E-state index is -3.93. The predicted molar refractivity (Wildman–Crippen MR) is 118 cm³/mol. The van der Waals surface area contributed by atoms with Gasteiger partial charge in [-0.2, -0.15) is 0 Å². The van der Waals surface area contributed by atoms with E-state index in [0.29, 0.717) is 16.8 Å². The van der Waals surface area contributed by atoms with E-state index in [0.717, 1.165) is 0 Å². The number of halogens is 3. The number of hydrogen-bond acceptors (Lipinski definition) is 3. The normalized spacial score (nSPS) is 11.2. The van der Waals surface area contributed by atoms with Crippen LogP contribution in [0.1, 0.15) is 15.9 Å². The van der Waals surface area contributed by atoms with E-state index in [1.807, 2.05) is 6.07 Å². The van der Waals surface area contributed by atoms with E-state index in [1.54, 1.807) is 31.2 Å². The van der Waals surface area contributed by atoms with Crippen molar-refractivity contribution in [3.05, 3.63) is 86.9 Å². The van der Waals surface area contributed by atoms with Crippen LogP contribution < -0.4 is 10.0 Å². The van der Waals surface area contributed by atoms with E-state index < -0.39 is 10.0 Å². The van der Waals surface area contributed by atoms with Crippen molar-refractivity contribution in [3.63, 3.8) is 0 Å². The molecule has 5 nitrogen and oxygen atoms in total. The third-order valence-corrected chi connectivity index (χ3v) is 6.44. The molecule has 3 rings (SSSR count). The highest BCUT2D eigenvalue weighted by Crippen LogP contribution is 2.33. The second-order valence-corrected chi connectivity index (χ2v) is 9.05. The summed E-state index contributed by atoms with van der Waals surface area (Å²) in [6.07, 6.45) is 0. The second-order valence-electron chi connectivity index (χ2n) is 6.15. The standard InChI is InChI=1S/C20H15Cl3N2O3S/c1-12-9-14(7-8-18(12)24-20(26)13-5-3-2-4-6-13)29(27,28)25-19-11-16(22)15(21)10-17(19)23/h2-11,25H,1H3,(H,24,26). The first-order valence-electron chi connectivity index (χ1n) is 8.32. The molecule has 0 saturated carbocycles. The first-order chi connectivity index (χ1) is 13.7. The lowest BCUT2D eigenvalue weighted by atomic mass is 10.1. The molecule has 29 heavy (non-hydrogen) atoms. The molecular weight excluding hydrogens is 455 g/mol. The van der Waals surface area contributed by atoms with Crippen LogP contribution in [0.3, 0.4) is 0 Å². The Kier molecular flexibility index (Phi) is 6.39. The van der Waals surface area contributed by atoms with Crippen molar-refractivity contribution in [2.75, 3.05) is 10.0 Å². The molecule has 0 aliphatic carbocycles. The minimum Gasteiger partial charge on any atom is -0.322 e. The monoisotopic (exact) mass is 468 g/mol. The first kappa shape index (κ1) is 21.5. The van der Waals surface area contributed by atoms with E-state index in [1.165, 1.54) is 30.3 Å². The molecule has 0 atom stereocenters. The van der Waals surface area contributed by atoms with Crippen LogP contribution in [0.4, 0.5) is 11.4 Å². The lowest BCUT2D eigenvalue weighted by Crippen LogP contribution is -2.15. The SMILES string of the molecule is Cc1cc(S(=O)(=O)Nc2cc(Cl)c(Cl)cc2Cl)ccc1NC(=O)c1ccccc1. The van der Waals surface area contributed by atoms with Gasteiger partial charge < -0.3 is 5.32 Å². The molecule has 3 aromatic carbocycles. The molecule has 0 radical (unpaired) electrons. The number of hydrogen-bond donors (Lipinski definition) is 2. The Morgan fingerprint density at radius 2 is 1.48 bits per heavy atom. The van der Waals surface area contributed by atoms with E-state index >= 15 is 0 Å². The van der Waals surface area contributed by atoms with Gasteiger partial charge in [-0.1, -0.05) is 53.0 Å². The van der Waals surface area contributed by atoms with E-state index in [4.69, 9.17) is 34.8 Å². The zero-order valence-corrected chi connectivity index (χ0v) is 18.1. The molecule has 0 fully saturated rings. The summed E-state index contributed by atoms with van der Waals surface area (Å²) in [4.78, 5) is 12.3. The topological polar surface area (TPSA) is 75.3 Å². The Morgan fingerprint density at radius 1 is 0.828 bits per heavy atom. The maximum absolute atomic E-state index is 12.7. The van der Waals surface area contributed by atoms with Crippen LogP contribution in [-0.4, -0.2) is 14.3 Å². The highest BCUT2D eigenvalue weighted by Gasteiger charge is 2.18. The molecule has 150 valence electrons. The summed E-state index contributed by atoms with van der Waals surface area (Å²) in [7, 11) is -3.93. The van der Waals surface area contributed by atoms with Crippen molar-refractivity contribution in [2.24, 2.45) is 0 Å². The predicted octanol–water partition coefficient (Wildman–Crippen LogP) is 6.01. The number of aryl methyl sites for hydroxylation is 1. The van der Waals surface area contributed by atoms with Crippen molar-refractivity contribution in [1.29, 1.82) is 0 Å². The number of anilines is 2. The first-order valence-corrected chi connectivity index (χ1v) is 10.9. The minimum absolute atomic E-state index is 0.00912. The number of amides is 1. The van der Waals surface area contributed by atoms with Crippen LogP contribution in [-0.2, 0) is 10.0 Å². The van der Waals surface area contributed by atoms with Gasteiger partial charge in [-0.15, -0.1) is 0 Å². The summed E-state index contributed by atoms with van der Waals surface area (Å²) >= 11 is 17.9. The van der Waals surface area contributed by atoms with Gasteiger partial charge in [0.05, 0.1) is 25.7 Å².